The second-order valence-electron chi connectivity index (χ2n) is 3.72. The number of nitrogens with one attached hydrogen (secondary N) is 1. The Hall–Kier alpha value is -2.11. The zero-order valence-electron chi connectivity index (χ0n) is 10.8. The van der Waals surface area contributed by atoms with Gasteiger partial charge in [0.15, 0.2) is 11.6 Å². The molecule has 0 unspecified atom stereocenters. The van der Waals surface area contributed by atoms with Crippen LogP contribution >= 0.6 is 0 Å². The molecule has 0 saturated heterocycles. The lowest BCUT2D eigenvalue weighted by atomic mass is 10.2. The smallest absolute Gasteiger partial charge is 0.187 e. The summed E-state index contributed by atoms with van der Waals surface area (Å²) in [7, 11) is 1.62. The van der Waals surface area contributed by atoms with E-state index in [1.165, 1.54) is 6.33 Å². The molecular formula is C12H17N5O. The van der Waals surface area contributed by atoms with E-state index in [2.05, 4.69) is 20.4 Å². The van der Waals surface area contributed by atoms with E-state index in [0.29, 0.717) is 11.6 Å². The Morgan fingerprint density at radius 1 is 1.33 bits per heavy atom. The first kappa shape index (κ1) is 12.3. The van der Waals surface area contributed by atoms with Crippen molar-refractivity contribution in [1.82, 2.24) is 19.7 Å². The van der Waals surface area contributed by atoms with Gasteiger partial charge in [0, 0.05) is 24.8 Å². The summed E-state index contributed by atoms with van der Waals surface area (Å²) >= 11 is 0. The fraction of sp³-hybridized carbons (Fsp3) is 0.417. The van der Waals surface area contributed by atoms with Crippen LogP contribution in [0.1, 0.15) is 13.8 Å². The van der Waals surface area contributed by atoms with Gasteiger partial charge in [-0.25, -0.2) is 9.97 Å². The maximum Gasteiger partial charge on any atom is 0.187 e. The highest BCUT2D eigenvalue weighted by Crippen LogP contribution is 2.32. The number of nitrogens with zero attached hydrogens (tertiary/aromatic N) is 4. The maximum absolute atomic E-state index is 5.40. The molecule has 18 heavy (non-hydrogen) atoms. The Morgan fingerprint density at radius 2 is 2.17 bits per heavy atom. The van der Waals surface area contributed by atoms with Crippen LogP contribution in [0.5, 0.6) is 5.75 Å². The Bertz CT molecular complexity index is 523. The van der Waals surface area contributed by atoms with E-state index in [4.69, 9.17) is 4.74 Å². The molecule has 1 N–H and O–H groups in total. The van der Waals surface area contributed by atoms with Crippen molar-refractivity contribution >= 4 is 5.82 Å². The van der Waals surface area contributed by atoms with Gasteiger partial charge in [0.25, 0.3) is 0 Å². The summed E-state index contributed by atoms with van der Waals surface area (Å²) in [5.41, 5.74) is 1.68. The van der Waals surface area contributed by atoms with Crippen LogP contribution in [-0.2, 0) is 6.54 Å². The van der Waals surface area contributed by atoms with Crippen LogP contribution in [0.2, 0.25) is 0 Å². The van der Waals surface area contributed by atoms with Crippen LogP contribution in [-0.4, -0.2) is 33.4 Å². The lowest BCUT2D eigenvalue weighted by Gasteiger charge is -2.10. The first-order valence-corrected chi connectivity index (χ1v) is 5.95. The zero-order valence-corrected chi connectivity index (χ0v) is 10.8. The topological polar surface area (TPSA) is 64.9 Å². The van der Waals surface area contributed by atoms with Gasteiger partial charge in [0.1, 0.15) is 12.0 Å². The van der Waals surface area contributed by atoms with E-state index in [1.807, 2.05) is 24.7 Å². The molecule has 2 aromatic rings. The van der Waals surface area contributed by atoms with Crippen LogP contribution < -0.4 is 10.1 Å². The summed E-state index contributed by atoms with van der Waals surface area (Å²) in [6.45, 7) is 5.66. The quantitative estimate of drug-likeness (QED) is 0.872. The van der Waals surface area contributed by atoms with Gasteiger partial charge in [-0.05, 0) is 13.8 Å². The maximum atomic E-state index is 5.40. The Labute approximate surface area is 106 Å². The molecule has 0 saturated carbocycles. The molecule has 0 aliphatic rings. The van der Waals surface area contributed by atoms with E-state index in [1.54, 1.807) is 13.3 Å². The molecular weight excluding hydrogens is 230 g/mol. The Balaban J connectivity index is 2.46. The van der Waals surface area contributed by atoms with Gasteiger partial charge in [-0.2, -0.15) is 5.10 Å². The summed E-state index contributed by atoms with van der Waals surface area (Å²) < 4.78 is 7.25. The highest BCUT2D eigenvalue weighted by molar-refractivity contribution is 5.71. The molecule has 6 nitrogen and oxygen atoms in total. The molecule has 2 heterocycles. The molecule has 0 atom stereocenters. The molecule has 0 aliphatic heterocycles. The van der Waals surface area contributed by atoms with E-state index in [-0.39, 0.29) is 0 Å². The van der Waals surface area contributed by atoms with Gasteiger partial charge >= 0.3 is 0 Å². The molecule has 2 aromatic heterocycles. The molecule has 2 rings (SSSR count). The molecule has 6 heteroatoms. The lowest BCUT2D eigenvalue weighted by molar-refractivity contribution is 0.414. The van der Waals surface area contributed by atoms with Crippen molar-refractivity contribution in [2.75, 3.05) is 19.0 Å². The lowest BCUT2D eigenvalue weighted by Crippen LogP contribution is -2.04. The van der Waals surface area contributed by atoms with Gasteiger partial charge in [0.2, 0.25) is 0 Å². The van der Waals surface area contributed by atoms with Crippen molar-refractivity contribution < 1.29 is 4.74 Å². The summed E-state index contributed by atoms with van der Waals surface area (Å²) in [6.07, 6.45) is 5.25. The van der Waals surface area contributed by atoms with Gasteiger partial charge in [-0.15, -0.1) is 0 Å². The van der Waals surface area contributed by atoms with E-state index < -0.39 is 0 Å². The monoisotopic (exact) mass is 247 g/mol. The molecule has 0 spiro atoms. The molecule has 0 fully saturated rings. The number of ether oxygens (including phenoxy) is 1. The largest absolute Gasteiger partial charge is 0.491 e. The zero-order chi connectivity index (χ0) is 13.0. The Kier molecular flexibility index (Phi) is 3.76. The van der Waals surface area contributed by atoms with Gasteiger partial charge in [-0.1, -0.05) is 0 Å². The highest BCUT2D eigenvalue weighted by Gasteiger charge is 2.14. The third kappa shape index (κ3) is 2.27. The summed E-state index contributed by atoms with van der Waals surface area (Å²) in [6, 6.07) is 0. The second kappa shape index (κ2) is 5.48. The third-order valence-electron chi connectivity index (χ3n) is 2.58. The van der Waals surface area contributed by atoms with Gasteiger partial charge in [0.05, 0.1) is 13.3 Å². The molecule has 96 valence electrons. The van der Waals surface area contributed by atoms with Crippen molar-refractivity contribution in [3.63, 3.8) is 0 Å². The first-order chi connectivity index (χ1) is 8.80. The number of hydrogen-bond donors (Lipinski definition) is 1. The first-order valence-electron chi connectivity index (χ1n) is 5.95. The third-order valence-corrected chi connectivity index (χ3v) is 2.58. The van der Waals surface area contributed by atoms with E-state index in [0.717, 1.165) is 24.3 Å². The minimum Gasteiger partial charge on any atom is -0.491 e. The molecule has 0 bridgehead atoms. The number of hydrogen-bond acceptors (Lipinski definition) is 5. The van der Waals surface area contributed by atoms with Crippen molar-refractivity contribution in [2.45, 2.75) is 20.4 Å². The average Bonchev–Trinajstić information content (AvgIpc) is 2.87. The molecule has 0 aromatic carbocycles. The summed E-state index contributed by atoms with van der Waals surface area (Å²) in [5, 5.41) is 7.40. The summed E-state index contributed by atoms with van der Waals surface area (Å²) in [4.78, 5) is 8.46. The molecule has 0 aliphatic carbocycles. The summed E-state index contributed by atoms with van der Waals surface area (Å²) in [5.74, 6) is 1.35. The second-order valence-corrected chi connectivity index (χ2v) is 3.72. The van der Waals surface area contributed by atoms with E-state index >= 15 is 0 Å². The van der Waals surface area contributed by atoms with E-state index in [9.17, 15) is 0 Å². The minimum absolute atomic E-state index is 0.648. The standard InChI is InChI=1S/C12H17N5O/c1-4-13-12-11(18-3)10(14-8-15-12)9-6-16-17(5-2)7-9/h6-8H,4-5H2,1-3H3,(H,13,14,15). The van der Waals surface area contributed by atoms with Gasteiger partial charge in [-0.3, -0.25) is 4.68 Å². The van der Waals surface area contributed by atoms with Crippen molar-refractivity contribution in [1.29, 1.82) is 0 Å². The number of rotatable bonds is 5. The Morgan fingerprint density at radius 3 is 2.78 bits per heavy atom. The molecule has 0 amide bonds. The van der Waals surface area contributed by atoms with Crippen LogP contribution in [0.25, 0.3) is 11.3 Å². The molecule has 0 radical (unpaired) electrons. The average molecular weight is 247 g/mol. The predicted octanol–water partition coefficient (Wildman–Crippen LogP) is 1.80. The normalized spacial score (nSPS) is 10.4. The SMILES string of the molecule is CCNc1ncnc(-c2cnn(CC)c2)c1OC. The highest BCUT2D eigenvalue weighted by atomic mass is 16.5. The predicted molar refractivity (Wildman–Crippen MR) is 69.6 cm³/mol. The number of methoxy groups -OCH3 is 1. The van der Waals surface area contributed by atoms with Crippen LogP contribution in [0.4, 0.5) is 5.82 Å². The van der Waals surface area contributed by atoms with Crippen LogP contribution in [0, 0.1) is 0 Å². The van der Waals surface area contributed by atoms with Crippen molar-refractivity contribution in [3.05, 3.63) is 18.7 Å². The van der Waals surface area contributed by atoms with Crippen LogP contribution in [0.15, 0.2) is 18.7 Å². The fourth-order valence-corrected chi connectivity index (χ4v) is 1.72. The van der Waals surface area contributed by atoms with Crippen molar-refractivity contribution in [3.8, 4) is 17.0 Å². The fourth-order valence-electron chi connectivity index (χ4n) is 1.72. The van der Waals surface area contributed by atoms with Gasteiger partial charge < -0.3 is 10.1 Å². The minimum atomic E-state index is 0.648. The van der Waals surface area contributed by atoms with Crippen LogP contribution in [0.3, 0.4) is 0 Å². The van der Waals surface area contributed by atoms with Crippen molar-refractivity contribution in [2.24, 2.45) is 0 Å². The number of aromatic nitrogens is 4. The number of anilines is 1. The number of aryl methyl sites for hydroxylation is 1.